The first-order valence-electron chi connectivity index (χ1n) is 9.57. The second-order valence-corrected chi connectivity index (χ2v) is 11.0. The van der Waals surface area contributed by atoms with Gasteiger partial charge in [-0.3, -0.25) is 0 Å². The summed E-state index contributed by atoms with van der Waals surface area (Å²) >= 11 is 13.3. The number of hydrogen-bond donors (Lipinski definition) is 1. The molecule has 0 saturated heterocycles. The number of hydrogen-bond acceptors (Lipinski definition) is 6. The van der Waals surface area contributed by atoms with Gasteiger partial charge in [0.25, 0.3) is 0 Å². The zero-order valence-corrected chi connectivity index (χ0v) is 20.6. The fraction of sp³-hybridized carbons (Fsp3) is 0.136. The Kier molecular flexibility index (Phi) is 6.32. The summed E-state index contributed by atoms with van der Waals surface area (Å²) < 4.78 is 25.7. The highest BCUT2D eigenvalue weighted by Gasteiger charge is 2.25. The van der Waals surface area contributed by atoms with Gasteiger partial charge in [0.1, 0.15) is 0 Å². The van der Waals surface area contributed by atoms with E-state index in [-0.39, 0.29) is 17.0 Å². The lowest BCUT2D eigenvalue weighted by Crippen LogP contribution is -2.11. The molecule has 33 heavy (non-hydrogen) atoms. The van der Waals surface area contributed by atoms with Gasteiger partial charge in [-0.1, -0.05) is 47.5 Å². The quantitative estimate of drug-likeness (QED) is 0.369. The van der Waals surface area contributed by atoms with Crippen LogP contribution in [0.4, 0.5) is 0 Å². The molecule has 170 valence electrons. The van der Waals surface area contributed by atoms with E-state index in [1.807, 2.05) is 0 Å². The minimum Gasteiger partial charge on any atom is -0.476 e. The van der Waals surface area contributed by atoms with E-state index in [9.17, 15) is 18.3 Å². The van der Waals surface area contributed by atoms with Crippen LogP contribution in [-0.4, -0.2) is 40.5 Å². The van der Waals surface area contributed by atoms with E-state index >= 15 is 0 Å². The largest absolute Gasteiger partial charge is 0.476 e. The van der Waals surface area contributed by atoms with E-state index in [1.165, 1.54) is 22.1 Å². The van der Waals surface area contributed by atoms with Crippen LogP contribution in [0.15, 0.2) is 52.7 Å². The molecule has 4 rings (SSSR count). The molecule has 2 heterocycles. The molecule has 0 bridgehead atoms. The molecule has 0 aliphatic carbocycles. The Balaban J connectivity index is 1.79. The first kappa shape index (κ1) is 23.4. The van der Waals surface area contributed by atoms with Crippen molar-refractivity contribution in [3.63, 3.8) is 0 Å². The smallest absolute Gasteiger partial charge is 0.355 e. The topological polar surface area (TPSA) is 102 Å². The van der Waals surface area contributed by atoms with Gasteiger partial charge < -0.3 is 5.11 Å². The van der Waals surface area contributed by atoms with Crippen molar-refractivity contribution in [1.29, 1.82) is 0 Å². The molecule has 0 saturated carbocycles. The Bertz CT molecular complexity index is 1490. The molecule has 0 aliphatic rings. The van der Waals surface area contributed by atoms with Crippen LogP contribution in [0.25, 0.3) is 16.4 Å². The lowest BCUT2D eigenvalue weighted by atomic mass is 10.0. The normalized spacial score (nSPS) is 11.6. The van der Waals surface area contributed by atoms with Gasteiger partial charge in [0.15, 0.2) is 15.5 Å². The highest BCUT2D eigenvalue weighted by atomic mass is 35.5. The molecular weight excluding hydrogens is 505 g/mol. The van der Waals surface area contributed by atoms with Crippen molar-refractivity contribution in [2.75, 3.05) is 6.26 Å². The Morgan fingerprint density at radius 1 is 1.15 bits per heavy atom. The third-order valence-corrected chi connectivity index (χ3v) is 7.77. The number of carbonyl (C=O) groups is 1. The van der Waals surface area contributed by atoms with Crippen molar-refractivity contribution in [2.24, 2.45) is 0 Å². The maximum absolute atomic E-state index is 12.2. The van der Waals surface area contributed by atoms with E-state index in [4.69, 9.17) is 23.2 Å². The van der Waals surface area contributed by atoms with Crippen LogP contribution in [0.5, 0.6) is 0 Å². The molecule has 2 aromatic carbocycles. The molecule has 11 heteroatoms. The molecule has 0 radical (unpaired) electrons. The lowest BCUT2D eigenvalue weighted by Gasteiger charge is -2.08. The summed E-state index contributed by atoms with van der Waals surface area (Å²) in [6.07, 6.45) is 1.22. The van der Waals surface area contributed by atoms with E-state index in [0.29, 0.717) is 37.7 Å². The first-order valence-corrected chi connectivity index (χ1v) is 13.1. The molecule has 0 fully saturated rings. The number of nitrogens with zero attached hydrogens (tertiary/aromatic N) is 3. The average Bonchev–Trinajstić information content (AvgIpc) is 3.35. The summed E-state index contributed by atoms with van der Waals surface area (Å²) in [4.78, 5) is 16.9. The monoisotopic (exact) mass is 521 g/mol. The van der Waals surface area contributed by atoms with Gasteiger partial charge in [0, 0.05) is 29.2 Å². The number of sulfone groups is 1. The predicted molar refractivity (Wildman–Crippen MR) is 129 cm³/mol. The fourth-order valence-electron chi connectivity index (χ4n) is 3.48. The number of aryl methyl sites for hydroxylation is 1. The minimum atomic E-state index is -3.48. The van der Waals surface area contributed by atoms with E-state index in [2.05, 4.69) is 10.1 Å². The van der Waals surface area contributed by atoms with Gasteiger partial charge in [0.2, 0.25) is 5.13 Å². The zero-order chi connectivity index (χ0) is 23.9. The maximum Gasteiger partial charge on any atom is 0.355 e. The Labute approximate surface area is 204 Å². The SMILES string of the molecule is Cc1nn(-c2nc(-c3ccc(Cl)c(Cl)c3)cs2)c(C(=O)O)c1Cc1ccccc1S(C)(=O)=O. The summed E-state index contributed by atoms with van der Waals surface area (Å²) in [5.41, 5.74) is 2.66. The van der Waals surface area contributed by atoms with Crippen molar-refractivity contribution in [3.8, 4) is 16.4 Å². The molecular formula is C22H17Cl2N3O4S2. The third kappa shape index (κ3) is 4.67. The van der Waals surface area contributed by atoms with Crippen LogP contribution in [-0.2, 0) is 16.3 Å². The highest BCUT2D eigenvalue weighted by molar-refractivity contribution is 7.90. The van der Waals surface area contributed by atoms with Gasteiger partial charge >= 0.3 is 5.97 Å². The molecule has 0 aliphatic heterocycles. The second kappa shape index (κ2) is 8.90. The summed E-state index contributed by atoms with van der Waals surface area (Å²) in [6, 6.07) is 11.6. The van der Waals surface area contributed by atoms with Crippen molar-refractivity contribution >= 4 is 50.3 Å². The predicted octanol–water partition coefficient (Wildman–Crippen LogP) is 5.30. The fourth-order valence-corrected chi connectivity index (χ4v) is 5.51. The number of halogens is 2. The number of carboxylic acids is 1. The van der Waals surface area contributed by atoms with Gasteiger partial charge in [-0.15, -0.1) is 11.3 Å². The number of benzene rings is 2. The molecule has 0 spiro atoms. The Morgan fingerprint density at radius 3 is 2.55 bits per heavy atom. The van der Waals surface area contributed by atoms with Crippen LogP contribution >= 0.6 is 34.5 Å². The summed E-state index contributed by atoms with van der Waals surface area (Å²) in [5, 5.41) is 17.3. The van der Waals surface area contributed by atoms with Crippen molar-refractivity contribution in [1.82, 2.24) is 14.8 Å². The molecule has 2 aromatic heterocycles. The molecule has 1 N–H and O–H groups in total. The van der Waals surface area contributed by atoms with Crippen molar-refractivity contribution < 1.29 is 18.3 Å². The van der Waals surface area contributed by atoms with Gasteiger partial charge in [-0.2, -0.15) is 9.78 Å². The summed E-state index contributed by atoms with van der Waals surface area (Å²) in [7, 11) is -3.48. The first-order chi connectivity index (χ1) is 15.6. The molecule has 4 aromatic rings. The number of thiazole rings is 1. The van der Waals surface area contributed by atoms with Crippen LogP contribution in [0, 0.1) is 6.92 Å². The van der Waals surface area contributed by atoms with Crippen LogP contribution < -0.4 is 0 Å². The van der Waals surface area contributed by atoms with Crippen LogP contribution in [0.2, 0.25) is 10.0 Å². The number of aromatic carboxylic acids is 1. The van der Waals surface area contributed by atoms with E-state index < -0.39 is 15.8 Å². The Hall–Kier alpha value is -2.72. The molecule has 0 unspecified atom stereocenters. The van der Waals surface area contributed by atoms with Crippen LogP contribution in [0.3, 0.4) is 0 Å². The van der Waals surface area contributed by atoms with E-state index in [1.54, 1.807) is 48.7 Å². The van der Waals surface area contributed by atoms with Gasteiger partial charge in [0.05, 0.1) is 26.3 Å². The van der Waals surface area contributed by atoms with Gasteiger partial charge in [-0.25, -0.2) is 18.2 Å². The zero-order valence-electron chi connectivity index (χ0n) is 17.4. The minimum absolute atomic E-state index is 0.0640. The highest BCUT2D eigenvalue weighted by Crippen LogP contribution is 2.31. The molecule has 0 atom stereocenters. The number of carboxylic acid groups (broad SMARTS) is 1. The molecule has 0 amide bonds. The number of rotatable bonds is 6. The van der Waals surface area contributed by atoms with Crippen LogP contribution in [0.1, 0.15) is 27.3 Å². The average molecular weight is 522 g/mol. The molecule has 7 nitrogen and oxygen atoms in total. The summed E-state index contributed by atoms with van der Waals surface area (Å²) in [6.45, 7) is 1.69. The summed E-state index contributed by atoms with van der Waals surface area (Å²) in [5.74, 6) is -1.19. The number of aromatic nitrogens is 3. The van der Waals surface area contributed by atoms with Crippen molar-refractivity contribution in [2.45, 2.75) is 18.2 Å². The van der Waals surface area contributed by atoms with Crippen molar-refractivity contribution in [3.05, 3.63) is 80.4 Å². The standard InChI is InChI=1S/C22H17Cl2N3O4S2/c1-12-15(9-14-5-3-4-6-19(14)33(2,30)31)20(21(28)29)27(26-12)22-25-18(11-32-22)13-7-8-16(23)17(24)10-13/h3-8,10-11H,9H2,1-2H3,(H,28,29). The Morgan fingerprint density at radius 2 is 1.88 bits per heavy atom. The lowest BCUT2D eigenvalue weighted by molar-refractivity contribution is 0.0686. The van der Waals surface area contributed by atoms with E-state index in [0.717, 1.165) is 11.8 Å². The maximum atomic E-state index is 12.2. The van der Waals surface area contributed by atoms with Gasteiger partial charge in [-0.05, 0) is 30.7 Å². The third-order valence-electron chi connectivity index (χ3n) is 5.01. The second-order valence-electron chi connectivity index (χ2n) is 7.33.